The molecular formula is C15H21ClN2S. The average Bonchev–Trinajstić information content (AvgIpc) is 2.39. The predicted octanol–water partition coefficient (Wildman–Crippen LogP) is 3.74. The van der Waals surface area contributed by atoms with Crippen LogP contribution in [0.1, 0.15) is 43.7 Å². The normalized spacial score (nSPS) is 30.9. The van der Waals surface area contributed by atoms with Crippen molar-refractivity contribution in [1.82, 2.24) is 5.32 Å². The molecule has 0 spiro atoms. The number of hydrogen-bond acceptors (Lipinski definition) is 3. The first-order valence-electron chi connectivity index (χ1n) is 7.16. The molecular weight excluding hydrogens is 276 g/mol. The summed E-state index contributed by atoms with van der Waals surface area (Å²) in [5.74, 6) is 1.19. The van der Waals surface area contributed by atoms with E-state index >= 15 is 0 Å². The molecule has 1 aromatic rings. The second-order valence-corrected chi connectivity index (χ2v) is 7.24. The molecule has 104 valence electrons. The van der Waals surface area contributed by atoms with E-state index in [1.54, 1.807) is 0 Å². The zero-order chi connectivity index (χ0) is 13.2. The standard InChI is InChI=1S/C15H21ClN2S/c16-10-4-5-15-13(8-10)14(6-7-19-15)18-12-3-1-2-11(17)9-12/h4-5,8,11-12,14,18H,1-3,6-7,9,17H2. The number of fused-ring (bicyclic) bond motifs is 1. The largest absolute Gasteiger partial charge is 0.328 e. The first-order chi connectivity index (χ1) is 9.22. The number of rotatable bonds is 2. The van der Waals surface area contributed by atoms with Gasteiger partial charge >= 0.3 is 0 Å². The third-order valence-electron chi connectivity index (χ3n) is 4.16. The lowest BCUT2D eigenvalue weighted by Gasteiger charge is -2.34. The SMILES string of the molecule is NC1CCCC(NC2CCSc3ccc(Cl)cc32)C1. The molecule has 1 heterocycles. The second-order valence-electron chi connectivity index (χ2n) is 5.66. The van der Waals surface area contributed by atoms with Crippen molar-refractivity contribution in [1.29, 1.82) is 0 Å². The lowest BCUT2D eigenvalue weighted by Crippen LogP contribution is -2.41. The second kappa shape index (κ2) is 6.04. The number of nitrogens with two attached hydrogens (primary N) is 1. The third kappa shape index (κ3) is 3.27. The summed E-state index contributed by atoms with van der Waals surface area (Å²) in [4.78, 5) is 1.38. The van der Waals surface area contributed by atoms with Crippen molar-refractivity contribution in [2.45, 2.75) is 55.1 Å². The maximum absolute atomic E-state index is 6.15. The van der Waals surface area contributed by atoms with Gasteiger partial charge in [-0.2, -0.15) is 0 Å². The highest BCUT2D eigenvalue weighted by atomic mass is 35.5. The molecule has 1 saturated carbocycles. The number of benzene rings is 1. The minimum Gasteiger partial charge on any atom is -0.328 e. The summed E-state index contributed by atoms with van der Waals surface area (Å²) in [7, 11) is 0. The highest BCUT2D eigenvalue weighted by Gasteiger charge is 2.26. The molecule has 0 amide bonds. The van der Waals surface area contributed by atoms with Crippen LogP contribution in [0.2, 0.25) is 5.02 Å². The van der Waals surface area contributed by atoms with Gasteiger partial charge in [0.25, 0.3) is 0 Å². The monoisotopic (exact) mass is 296 g/mol. The molecule has 2 nitrogen and oxygen atoms in total. The summed E-state index contributed by atoms with van der Waals surface area (Å²) >= 11 is 8.09. The molecule has 3 atom stereocenters. The zero-order valence-electron chi connectivity index (χ0n) is 11.1. The minimum absolute atomic E-state index is 0.378. The minimum atomic E-state index is 0.378. The smallest absolute Gasteiger partial charge is 0.0410 e. The van der Waals surface area contributed by atoms with Crippen LogP contribution in [-0.2, 0) is 0 Å². The predicted molar refractivity (Wildman–Crippen MR) is 82.9 cm³/mol. The first-order valence-corrected chi connectivity index (χ1v) is 8.52. The Morgan fingerprint density at radius 3 is 3.00 bits per heavy atom. The van der Waals surface area contributed by atoms with Crippen molar-refractivity contribution >= 4 is 23.4 Å². The van der Waals surface area contributed by atoms with Crippen molar-refractivity contribution in [3.05, 3.63) is 28.8 Å². The number of nitrogens with one attached hydrogen (secondary N) is 1. The topological polar surface area (TPSA) is 38.0 Å². The fraction of sp³-hybridized carbons (Fsp3) is 0.600. The molecule has 0 bridgehead atoms. The summed E-state index contributed by atoms with van der Waals surface area (Å²) in [6, 6.07) is 7.68. The zero-order valence-corrected chi connectivity index (χ0v) is 12.6. The molecule has 1 aliphatic carbocycles. The Kier molecular flexibility index (Phi) is 4.37. The van der Waals surface area contributed by atoms with Gasteiger partial charge < -0.3 is 11.1 Å². The molecule has 3 N–H and O–H groups in total. The van der Waals surface area contributed by atoms with Crippen LogP contribution in [0.5, 0.6) is 0 Å². The maximum atomic E-state index is 6.15. The summed E-state index contributed by atoms with van der Waals surface area (Å²) in [6.07, 6.45) is 5.99. The highest BCUT2D eigenvalue weighted by molar-refractivity contribution is 7.99. The summed E-state index contributed by atoms with van der Waals surface area (Å²) < 4.78 is 0. The van der Waals surface area contributed by atoms with E-state index < -0.39 is 0 Å². The lowest BCUT2D eigenvalue weighted by atomic mass is 9.90. The van der Waals surface area contributed by atoms with E-state index in [4.69, 9.17) is 17.3 Å². The van der Waals surface area contributed by atoms with E-state index in [-0.39, 0.29) is 0 Å². The average molecular weight is 297 g/mol. The maximum Gasteiger partial charge on any atom is 0.0410 e. The van der Waals surface area contributed by atoms with Gasteiger partial charge in [-0.25, -0.2) is 0 Å². The van der Waals surface area contributed by atoms with Crippen molar-refractivity contribution in [2.24, 2.45) is 5.73 Å². The quantitative estimate of drug-likeness (QED) is 0.873. The Labute approximate surface area is 124 Å². The molecule has 3 rings (SSSR count). The van der Waals surface area contributed by atoms with Crippen molar-refractivity contribution in [3.63, 3.8) is 0 Å². The van der Waals surface area contributed by atoms with Crippen LogP contribution in [0.3, 0.4) is 0 Å². The molecule has 19 heavy (non-hydrogen) atoms. The molecule has 4 heteroatoms. The van der Waals surface area contributed by atoms with Crippen molar-refractivity contribution in [3.8, 4) is 0 Å². The van der Waals surface area contributed by atoms with Gasteiger partial charge in [0.1, 0.15) is 0 Å². The molecule has 0 radical (unpaired) electrons. The Balaban J connectivity index is 1.74. The van der Waals surface area contributed by atoms with Crippen LogP contribution in [0.25, 0.3) is 0 Å². The molecule has 1 fully saturated rings. The third-order valence-corrected chi connectivity index (χ3v) is 5.52. The van der Waals surface area contributed by atoms with E-state index in [0.29, 0.717) is 18.1 Å². The fourth-order valence-corrected chi connectivity index (χ4v) is 4.49. The van der Waals surface area contributed by atoms with Crippen molar-refractivity contribution in [2.75, 3.05) is 5.75 Å². The Bertz CT molecular complexity index is 452. The Morgan fingerprint density at radius 2 is 2.16 bits per heavy atom. The Hall–Kier alpha value is -0.220. The summed E-state index contributed by atoms with van der Waals surface area (Å²) in [5, 5.41) is 4.66. The van der Waals surface area contributed by atoms with Crippen LogP contribution in [0, 0.1) is 0 Å². The molecule has 3 unspecified atom stereocenters. The first kappa shape index (κ1) is 13.7. The summed E-state index contributed by atoms with van der Waals surface area (Å²) in [5.41, 5.74) is 7.46. The highest BCUT2D eigenvalue weighted by Crippen LogP contribution is 2.38. The number of halogens is 1. The van der Waals surface area contributed by atoms with E-state index in [1.165, 1.54) is 41.9 Å². The van der Waals surface area contributed by atoms with Gasteiger partial charge in [0.05, 0.1) is 0 Å². The van der Waals surface area contributed by atoms with Gasteiger partial charge in [0.15, 0.2) is 0 Å². The summed E-state index contributed by atoms with van der Waals surface area (Å²) in [6.45, 7) is 0. The van der Waals surface area contributed by atoms with Crippen LogP contribution < -0.4 is 11.1 Å². The van der Waals surface area contributed by atoms with E-state index in [1.807, 2.05) is 17.8 Å². The molecule has 1 aliphatic heterocycles. The van der Waals surface area contributed by atoms with Gasteiger partial charge in [0, 0.05) is 28.0 Å². The van der Waals surface area contributed by atoms with Gasteiger partial charge in [-0.15, -0.1) is 11.8 Å². The number of hydrogen-bond donors (Lipinski definition) is 2. The molecule has 1 aromatic carbocycles. The van der Waals surface area contributed by atoms with Gasteiger partial charge in [0.2, 0.25) is 0 Å². The molecule has 0 aromatic heterocycles. The lowest BCUT2D eigenvalue weighted by molar-refractivity contribution is 0.307. The number of thioether (sulfide) groups is 1. The van der Waals surface area contributed by atoms with Gasteiger partial charge in [-0.3, -0.25) is 0 Å². The Morgan fingerprint density at radius 1 is 1.26 bits per heavy atom. The fourth-order valence-electron chi connectivity index (χ4n) is 3.20. The van der Waals surface area contributed by atoms with E-state index in [0.717, 1.165) is 11.4 Å². The van der Waals surface area contributed by atoms with E-state index in [9.17, 15) is 0 Å². The van der Waals surface area contributed by atoms with Crippen LogP contribution in [0.4, 0.5) is 0 Å². The van der Waals surface area contributed by atoms with Crippen LogP contribution >= 0.6 is 23.4 Å². The van der Waals surface area contributed by atoms with Crippen LogP contribution in [0.15, 0.2) is 23.1 Å². The van der Waals surface area contributed by atoms with Crippen LogP contribution in [-0.4, -0.2) is 17.8 Å². The van der Waals surface area contributed by atoms with E-state index in [2.05, 4.69) is 17.4 Å². The van der Waals surface area contributed by atoms with Crippen molar-refractivity contribution < 1.29 is 0 Å². The molecule has 2 aliphatic rings. The van der Waals surface area contributed by atoms with Gasteiger partial charge in [-0.05, 0) is 55.2 Å². The van der Waals surface area contributed by atoms with Gasteiger partial charge in [-0.1, -0.05) is 18.0 Å². The molecule has 0 saturated heterocycles.